The molecule has 0 radical (unpaired) electrons. The van der Waals surface area contributed by atoms with E-state index < -0.39 is 11.5 Å². The van der Waals surface area contributed by atoms with Gasteiger partial charge >= 0.3 is 5.97 Å². The Hall–Kier alpha value is -2.89. The zero-order valence-electron chi connectivity index (χ0n) is 17.1. The van der Waals surface area contributed by atoms with Crippen molar-refractivity contribution in [2.45, 2.75) is 44.6 Å². The quantitative estimate of drug-likeness (QED) is 0.696. The number of hydrogen-bond acceptors (Lipinski definition) is 4. The van der Waals surface area contributed by atoms with E-state index in [0.717, 1.165) is 10.9 Å². The van der Waals surface area contributed by atoms with Crippen molar-refractivity contribution in [2.24, 2.45) is 0 Å². The first-order chi connectivity index (χ1) is 13.9. The predicted molar refractivity (Wildman–Crippen MR) is 111 cm³/mol. The lowest BCUT2D eigenvalue weighted by atomic mass is 9.84. The van der Waals surface area contributed by atoms with Crippen molar-refractivity contribution in [2.75, 3.05) is 20.2 Å². The van der Waals surface area contributed by atoms with Crippen LogP contribution in [0.5, 0.6) is 0 Å². The highest BCUT2D eigenvalue weighted by atomic mass is 16.5. The predicted octanol–water partition coefficient (Wildman–Crippen LogP) is 2.83. The molecule has 2 aromatic carbocycles. The number of benzene rings is 2. The maximum atomic E-state index is 12.5. The van der Waals surface area contributed by atoms with Gasteiger partial charge in [0.25, 0.3) is 0 Å². The van der Waals surface area contributed by atoms with Gasteiger partial charge in [0.05, 0.1) is 6.61 Å². The average Bonchev–Trinajstić information content (AvgIpc) is 3.06. The number of nitrogens with zero attached hydrogens (tertiary/aromatic N) is 1. The van der Waals surface area contributed by atoms with Crippen LogP contribution in [-0.4, -0.2) is 48.4 Å². The second kappa shape index (κ2) is 9.07. The summed E-state index contributed by atoms with van der Waals surface area (Å²) in [5.74, 6) is -0.515. The summed E-state index contributed by atoms with van der Waals surface area (Å²) < 4.78 is 4.90. The fourth-order valence-electron chi connectivity index (χ4n) is 3.95. The summed E-state index contributed by atoms with van der Waals surface area (Å²) in [4.78, 5) is 37.5. The maximum Gasteiger partial charge on any atom is 0.325 e. The molecule has 3 rings (SSSR count). The summed E-state index contributed by atoms with van der Waals surface area (Å²) in [6, 6.07) is 14.5. The van der Waals surface area contributed by atoms with Crippen molar-refractivity contribution >= 4 is 28.6 Å². The van der Waals surface area contributed by atoms with Gasteiger partial charge in [0, 0.05) is 25.4 Å². The van der Waals surface area contributed by atoms with E-state index in [1.54, 1.807) is 14.0 Å². The Balaban J connectivity index is 1.67. The van der Waals surface area contributed by atoms with Gasteiger partial charge in [0.2, 0.25) is 11.8 Å². The fourth-order valence-corrected chi connectivity index (χ4v) is 3.95. The molecule has 1 aliphatic heterocycles. The molecule has 1 aliphatic rings. The van der Waals surface area contributed by atoms with Crippen LogP contribution in [0.2, 0.25) is 0 Å². The molecule has 1 heterocycles. The smallest absolute Gasteiger partial charge is 0.325 e. The fraction of sp³-hybridized carbons (Fsp3) is 0.435. The van der Waals surface area contributed by atoms with Crippen molar-refractivity contribution in [1.82, 2.24) is 10.2 Å². The Morgan fingerprint density at radius 1 is 1.17 bits per heavy atom. The summed E-state index contributed by atoms with van der Waals surface area (Å²) >= 11 is 0. The molecule has 0 aliphatic carbocycles. The molecule has 1 fully saturated rings. The number of carbonyl (C=O) groups excluding carboxylic acids is 3. The first kappa shape index (κ1) is 20.8. The summed E-state index contributed by atoms with van der Waals surface area (Å²) in [6.45, 7) is 1.97. The molecule has 154 valence electrons. The van der Waals surface area contributed by atoms with Crippen LogP contribution < -0.4 is 5.32 Å². The van der Waals surface area contributed by atoms with Crippen LogP contribution in [0.25, 0.3) is 10.8 Å². The highest BCUT2D eigenvalue weighted by molar-refractivity contribution is 5.84. The van der Waals surface area contributed by atoms with Crippen LogP contribution in [0.3, 0.4) is 0 Å². The largest absolute Gasteiger partial charge is 0.465 e. The van der Waals surface area contributed by atoms with E-state index in [0.29, 0.717) is 32.3 Å². The van der Waals surface area contributed by atoms with E-state index in [2.05, 4.69) is 35.6 Å². The van der Waals surface area contributed by atoms with Gasteiger partial charge in [-0.15, -0.1) is 0 Å². The number of esters is 1. The number of rotatable bonds is 8. The third-order valence-corrected chi connectivity index (χ3v) is 5.51. The van der Waals surface area contributed by atoms with Crippen LogP contribution in [0.1, 0.15) is 38.2 Å². The molecule has 1 saturated heterocycles. The van der Waals surface area contributed by atoms with E-state index in [1.807, 2.05) is 12.1 Å². The van der Waals surface area contributed by atoms with Crippen LogP contribution in [0, 0.1) is 0 Å². The van der Waals surface area contributed by atoms with Gasteiger partial charge in [-0.3, -0.25) is 14.4 Å². The first-order valence-electron chi connectivity index (χ1n) is 10.1. The van der Waals surface area contributed by atoms with Crippen molar-refractivity contribution < 1.29 is 19.1 Å². The lowest BCUT2D eigenvalue weighted by Crippen LogP contribution is -2.45. The lowest BCUT2D eigenvalue weighted by molar-refractivity contribution is -0.148. The van der Waals surface area contributed by atoms with Gasteiger partial charge < -0.3 is 15.0 Å². The summed E-state index contributed by atoms with van der Waals surface area (Å²) in [6.07, 6.45) is 2.66. The van der Waals surface area contributed by atoms with Gasteiger partial charge in [0.15, 0.2) is 0 Å². The van der Waals surface area contributed by atoms with E-state index in [4.69, 9.17) is 4.74 Å². The van der Waals surface area contributed by atoms with Crippen molar-refractivity contribution in [1.29, 1.82) is 0 Å². The monoisotopic (exact) mass is 396 g/mol. The highest BCUT2D eigenvalue weighted by Gasteiger charge is 2.38. The standard InChI is InChI=1S/C23H28N2O4/c1-3-29-22(28)16-25(2)21(27)11-13-23(12-10-20(26)24-23)15-17-8-9-18-6-4-5-7-19(18)14-17/h4-9,14H,3,10-13,15-16H2,1-2H3,(H,24,26)/t23-/m1/s1. The van der Waals surface area contributed by atoms with Gasteiger partial charge in [-0.05, 0) is 42.5 Å². The molecular formula is C23H28N2O4. The molecule has 2 amide bonds. The minimum Gasteiger partial charge on any atom is -0.465 e. The molecule has 2 aromatic rings. The number of fused-ring (bicyclic) bond motifs is 1. The third kappa shape index (κ3) is 5.34. The Bertz CT molecular complexity index is 911. The SMILES string of the molecule is CCOC(=O)CN(C)C(=O)CC[C@@]1(Cc2ccc3ccccc3c2)CCC(=O)N1. The van der Waals surface area contributed by atoms with Gasteiger partial charge in [-0.2, -0.15) is 0 Å². The van der Waals surface area contributed by atoms with E-state index in [9.17, 15) is 14.4 Å². The van der Waals surface area contributed by atoms with Crippen LogP contribution in [0.15, 0.2) is 42.5 Å². The van der Waals surface area contributed by atoms with Gasteiger partial charge in [0.1, 0.15) is 6.54 Å². The van der Waals surface area contributed by atoms with Crippen molar-refractivity contribution in [3.05, 3.63) is 48.0 Å². The number of nitrogens with one attached hydrogen (secondary N) is 1. The number of ether oxygens (including phenoxy) is 1. The zero-order chi connectivity index (χ0) is 20.9. The number of amides is 2. The molecule has 0 unspecified atom stereocenters. The second-order valence-electron chi connectivity index (χ2n) is 7.74. The Morgan fingerprint density at radius 2 is 1.93 bits per heavy atom. The minimum absolute atomic E-state index is 0.0260. The summed E-state index contributed by atoms with van der Waals surface area (Å²) in [7, 11) is 1.60. The van der Waals surface area contributed by atoms with Crippen molar-refractivity contribution in [3.63, 3.8) is 0 Å². The van der Waals surface area contributed by atoms with Gasteiger partial charge in [-0.25, -0.2) is 0 Å². The average molecular weight is 396 g/mol. The van der Waals surface area contributed by atoms with Gasteiger partial charge in [-0.1, -0.05) is 42.5 Å². The third-order valence-electron chi connectivity index (χ3n) is 5.51. The molecule has 1 atom stereocenters. The Kier molecular flexibility index (Phi) is 6.52. The molecule has 6 heteroatoms. The van der Waals surface area contributed by atoms with E-state index in [1.165, 1.54) is 10.3 Å². The summed E-state index contributed by atoms with van der Waals surface area (Å²) in [5, 5.41) is 5.46. The highest BCUT2D eigenvalue weighted by Crippen LogP contribution is 2.30. The summed E-state index contributed by atoms with van der Waals surface area (Å²) in [5.41, 5.74) is 0.707. The second-order valence-corrected chi connectivity index (χ2v) is 7.74. The molecule has 0 saturated carbocycles. The zero-order valence-corrected chi connectivity index (χ0v) is 17.1. The minimum atomic E-state index is -0.431. The van der Waals surface area contributed by atoms with Crippen LogP contribution in [0.4, 0.5) is 0 Å². The maximum absolute atomic E-state index is 12.5. The first-order valence-corrected chi connectivity index (χ1v) is 10.1. The van der Waals surface area contributed by atoms with Crippen LogP contribution >= 0.6 is 0 Å². The van der Waals surface area contributed by atoms with Crippen molar-refractivity contribution in [3.8, 4) is 0 Å². The number of carbonyl (C=O) groups is 3. The molecule has 0 bridgehead atoms. The molecule has 6 nitrogen and oxygen atoms in total. The molecule has 0 aromatic heterocycles. The Labute approximate surface area is 171 Å². The van der Waals surface area contributed by atoms with Crippen LogP contribution in [-0.2, 0) is 25.5 Å². The molecular weight excluding hydrogens is 368 g/mol. The topological polar surface area (TPSA) is 75.7 Å². The van der Waals surface area contributed by atoms with E-state index >= 15 is 0 Å². The number of hydrogen-bond donors (Lipinski definition) is 1. The molecule has 29 heavy (non-hydrogen) atoms. The number of likely N-dealkylation sites (N-methyl/N-ethyl adjacent to an activating group) is 1. The Morgan fingerprint density at radius 3 is 2.62 bits per heavy atom. The van der Waals surface area contributed by atoms with E-state index in [-0.39, 0.29) is 24.8 Å². The lowest BCUT2D eigenvalue weighted by Gasteiger charge is -2.30. The normalized spacial score (nSPS) is 18.5. The molecule has 0 spiro atoms. The molecule has 1 N–H and O–H groups in total.